The lowest BCUT2D eigenvalue weighted by Gasteiger charge is -2.44. The van der Waals surface area contributed by atoms with Crippen LogP contribution in [-0.2, 0) is 0 Å². The number of hydrogen-bond donors (Lipinski definition) is 1. The van der Waals surface area contributed by atoms with Gasteiger partial charge in [0, 0.05) is 31.1 Å². The van der Waals surface area contributed by atoms with Crippen molar-refractivity contribution in [1.29, 1.82) is 0 Å². The molecule has 0 aliphatic carbocycles. The highest BCUT2D eigenvalue weighted by molar-refractivity contribution is 8.00. The second-order valence-corrected chi connectivity index (χ2v) is 11.3. The third-order valence-electron chi connectivity index (χ3n) is 6.98. The lowest BCUT2D eigenvalue weighted by molar-refractivity contribution is 0.0288. The maximum atomic E-state index is 11.2. The second-order valence-electron chi connectivity index (χ2n) is 9.14. The molecule has 8 heteroatoms. The zero-order valence-corrected chi connectivity index (χ0v) is 21.3. The molecule has 35 heavy (non-hydrogen) atoms. The van der Waals surface area contributed by atoms with E-state index in [1.165, 1.54) is 16.0 Å². The Hall–Kier alpha value is -2.49. The molecule has 180 valence electrons. The molecule has 2 aliphatic heterocycles. The summed E-state index contributed by atoms with van der Waals surface area (Å²) < 4.78 is 1.70. The summed E-state index contributed by atoms with van der Waals surface area (Å²) in [6, 6.07) is 26.3. The average molecular weight is 504 g/mol. The Morgan fingerprint density at radius 1 is 0.857 bits per heavy atom. The molecule has 0 spiro atoms. The van der Waals surface area contributed by atoms with Crippen LogP contribution in [0.3, 0.4) is 0 Å². The molecule has 1 saturated heterocycles. The smallest absolute Gasteiger partial charge is 0.189 e. The predicted molar refractivity (Wildman–Crippen MR) is 141 cm³/mol. The van der Waals surface area contributed by atoms with E-state index in [0.29, 0.717) is 5.82 Å². The molecule has 6 rings (SSSR count). The summed E-state index contributed by atoms with van der Waals surface area (Å²) in [4.78, 5) is 11.0. The quantitative estimate of drug-likeness (QED) is 0.409. The molecule has 0 amide bonds. The summed E-state index contributed by atoms with van der Waals surface area (Å²) in [6.45, 7) is 5.69. The zero-order chi connectivity index (χ0) is 23.8. The molecule has 4 aromatic rings. The molecular formula is C27H29N5OS2. The van der Waals surface area contributed by atoms with Gasteiger partial charge in [-0.2, -0.15) is 5.10 Å². The Morgan fingerprint density at radius 3 is 2.06 bits per heavy atom. The number of thioether (sulfide) groups is 1. The molecule has 0 saturated carbocycles. The molecule has 3 unspecified atom stereocenters. The highest BCUT2D eigenvalue weighted by Gasteiger charge is 2.44. The van der Waals surface area contributed by atoms with Crippen molar-refractivity contribution in [3.8, 4) is 0 Å². The third kappa shape index (κ3) is 4.45. The van der Waals surface area contributed by atoms with E-state index in [4.69, 9.17) is 0 Å². The summed E-state index contributed by atoms with van der Waals surface area (Å²) in [7, 11) is 0. The fourth-order valence-electron chi connectivity index (χ4n) is 5.38. The fourth-order valence-corrected chi connectivity index (χ4v) is 7.74. The Balaban J connectivity index is 1.24. The SMILES string of the molecule is Cc1nc2n(n1)C(O)C(C(c1cccs1)N1CCN(C(c3ccccc3)c3ccccc3)CC1)S2. The van der Waals surface area contributed by atoms with Gasteiger partial charge in [0.1, 0.15) is 5.82 Å². The van der Waals surface area contributed by atoms with E-state index in [1.807, 2.05) is 6.92 Å². The van der Waals surface area contributed by atoms with Crippen molar-refractivity contribution in [2.75, 3.05) is 26.2 Å². The van der Waals surface area contributed by atoms with Crippen molar-refractivity contribution in [2.45, 2.75) is 35.6 Å². The normalized spacial score (nSPS) is 21.9. The number of rotatable bonds is 6. The summed E-state index contributed by atoms with van der Waals surface area (Å²) in [6.07, 6.45) is -0.678. The fraction of sp³-hybridized carbons (Fsp3) is 0.333. The molecular weight excluding hydrogens is 474 g/mol. The summed E-state index contributed by atoms with van der Waals surface area (Å²) >= 11 is 3.43. The van der Waals surface area contributed by atoms with Crippen molar-refractivity contribution in [3.63, 3.8) is 0 Å². The van der Waals surface area contributed by atoms with Gasteiger partial charge in [-0.15, -0.1) is 11.3 Å². The molecule has 6 nitrogen and oxygen atoms in total. The van der Waals surface area contributed by atoms with E-state index in [0.717, 1.165) is 31.3 Å². The van der Waals surface area contributed by atoms with Crippen LogP contribution in [-0.4, -0.2) is 61.1 Å². The number of aliphatic hydroxyl groups is 1. The summed E-state index contributed by atoms with van der Waals surface area (Å²) in [5.74, 6) is 0.708. The number of aryl methyl sites for hydroxylation is 1. The Morgan fingerprint density at radius 2 is 1.49 bits per heavy atom. The highest BCUT2D eigenvalue weighted by atomic mass is 32.2. The van der Waals surface area contributed by atoms with Crippen molar-refractivity contribution in [1.82, 2.24) is 24.6 Å². The van der Waals surface area contributed by atoms with E-state index >= 15 is 0 Å². The minimum absolute atomic E-state index is 0.0326. The maximum absolute atomic E-state index is 11.2. The number of aromatic nitrogens is 3. The van der Waals surface area contributed by atoms with Crippen LogP contribution in [0, 0.1) is 6.92 Å². The first-order chi connectivity index (χ1) is 17.2. The molecule has 4 heterocycles. The van der Waals surface area contributed by atoms with Crippen molar-refractivity contribution in [2.24, 2.45) is 0 Å². The number of fused-ring (bicyclic) bond motifs is 1. The van der Waals surface area contributed by atoms with E-state index in [-0.39, 0.29) is 17.3 Å². The van der Waals surface area contributed by atoms with Crippen molar-refractivity contribution < 1.29 is 5.11 Å². The molecule has 1 fully saturated rings. The van der Waals surface area contributed by atoms with Crippen molar-refractivity contribution >= 4 is 23.1 Å². The van der Waals surface area contributed by atoms with E-state index < -0.39 is 6.23 Å². The molecule has 0 bridgehead atoms. The van der Waals surface area contributed by atoms with Crippen LogP contribution in [0.5, 0.6) is 0 Å². The van der Waals surface area contributed by atoms with Crippen LogP contribution in [0.2, 0.25) is 0 Å². The van der Waals surface area contributed by atoms with Gasteiger partial charge in [-0.1, -0.05) is 78.5 Å². The number of hydrogen-bond acceptors (Lipinski definition) is 7. The topological polar surface area (TPSA) is 57.4 Å². The minimum atomic E-state index is -0.678. The lowest BCUT2D eigenvalue weighted by atomic mass is 9.96. The number of thiophene rings is 1. The van der Waals surface area contributed by atoms with Gasteiger partial charge in [-0.25, -0.2) is 9.67 Å². The summed E-state index contributed by atoms with van der Waals surface area (Å²) in [5.41, 5.74) is 2.66. The standard InChI is InChI=1S/C27H29N5OS2/c1-19-28-27-32(29-19)26(33)25(35-27)24(22-13-8-18-34-22)31-16-14-30(15-17-31)23(20-9-4-2-5-10-20)21-11-6-3-7-12-21/h2-13,18,23-26,33H,14-17H2,1H3. The first-order valence-electron chi connectivity index (χ1n) is 12.1. The van der Waals surface area contributed by atoms with E-state index in [1.54, 1.807) is 27.8 Å². The van der Waals surface area contributed by atoms with Gasteiger partial charge in [-0.05, 0) is 29.5 Å². The Kier molecular flexibility index (Phi) is 6.47. The number of aliphatic hydroxyl groups excluding tert-OH is 1. The van der Waals surface area contributed by atoms with Gasteiger partial charge in [0.2, 0.25) is 0 Å². The molecule has 0 radical (unpaired) electrons. The number of piperazine rings is 1. The van der Waals surface area contributed by atoms with Gasteiger partial charge >= 0.3 is 0 Å². The van der Waals surface area contributed by atoms with Gasteiger partial charge in [0.15, 0.2) is 11.4 Å². The minimum Gasteiger partial charge on any atom is -0.370 e. The van der Waals surface area contributed by atoms with Crippen LogP contribution >= 0.6 is 23.1 Å². The first-order valence-corrected chi connectivity index (χ1v) is 13.8. The lowest BCUT2D eigenvalue weighted by Crippen LogP contribution is -2.51. The van der Waals surface area contributed by atoms with Gasteiger partial charge in [0.25, 0.3) is 0 Å². The average Bonchev–Trinajstić information content (AvgIpc) is 3.61. The van der Waals surface area contributed by atoms with Crippen molar-refractivity contribution in [3.05, 3.63) is 100 Å². The summed E-state index contributed by atoms with van der Waals surface area (Å²) in [5, 5.41) is 18.6. The van der Waals surface area contributed by atoms with Crippen LogP contribution in [0.25, 0.3) is 0 Å². The number of benzene rings is 2. The van der Waals surface area contributed by atoms with Gasteiger partial charge < -0.3 is 5.11 Å². The van der Waals surface area contributed by atoms with E-state index in [2.05, 4.69) is 98.1 Å². The van der Waals surface area contributed by atoms with E-state index in [9.17, 15) is 5.11 Å². The molecule has 3 atom stereocenters. The van der Waals surface area contributed by atoms with Crippen LogP contribution in [0.15, 0.2) is 83.3 Å². The monoisotopic (exact) mass is 503 g/mol. The van der Waals surface area contributed by atoms with Crippen LogP contribution in [0.4, 0.5) is 0 Å². The third-order valence-corrected chi connectivity index (χ3v) is 9.18. The first kappa shape index (κ1) is 22.9. The van der Waals surface area contributed by atoms with Crippen LogP contribution in [0.1, 0.15) is 40.1 Å². The zero-order valence-electron chi connectivity index (χ0n) is 19.6. The largest absolute Gasteiger partial charge is 0.370 e. The Labute approximate surface area is 214 Å². The Bertz CT molecular complexity index is 1200. The molecule has 2 aromatic heterocycles. The highest BCUT2D eigenvalue weighted by Crippen LogP contribution is 2.47. The molecule has 2 aromatic carbocycles. The van der Waals surface area contributed by atoms with Gasteiger partial charge in [-0.3, -0.25) is 9.80 Å². The maximum Gasteiger partial charge on any atom is 0.189 e. The van der Waals surface area contributed by atoms with Gasteiger partial charge in [0.05, 0.1) is 17.3 Å². The second kappa shape index (κ2) is 9.87. The van der Waals surface area contributed by atoms with Crippen LogP contribution < -0.4 is 0 Å². The molecule has 1 N–H and O–H groups in total. The number of nitrogens with zero attached hydrogens (tertiary/aromatic N) is 5. The molecule has 2 aliphatic rings. The predicted octanol–water partition coefficient (Wildman–Crippen LogP) is 4.76.